The first-order chi connectivity index (χ1) is 6.70. The lowest BCUT2D eigenvalue weighted by Crippen LogP contribution is -2.33. The number of sulfone groups is 1. The summed E-state index contributed by atoms with van der Waals surface area (Å²) >= 11 is 0. The second kappa shape index (κ2) is 4.18. The van der Waals surface area contributed by atoms with E-state index in [9.17, 15) is 21.6 Å². The van der Waals surface area contributed by atoms with Crippen LogP contribution >= 0.6 is 0 Å². The smallest absolute Gasteiger partial charge is 0.272 e. The van der Waals surface area contributed by atoms with Crippen LogP contribution in [0.15, 0.2) is 0 Å². The predicted octanol–water partition coefficient (Wildman–Crippen LogP) is -0.732. The largest absolute Gasteiger partial charge is 0.298 e. The molecule has 1 aliphatic rings. The van der Waals surface area contributed by atoms with Gasteiger partial charge in [-0.15, -0.1) is 0 Å². The maximum absolute atomic E-state index is 11.3. The molecule has 6 nitrogen and oxygen atoms in total. The van der Waals surface area contributed by atoms with Gasteiger partial charge in [-0.05, 0) is 12.8 Å². The maximum Gasteiger partial charge on any atom is 0.272 e. The van der Waals surface area contributed by atoms with Crippen molar-refractivity contribution >= 4 is 25.7 Å². The molecule has 1 rings (SSSR count). The van der Waals surface area contributed by atoms with E-state index in [4.69, 9.17) is 4.55 Å². The van der Waals surface area contributed by atoms with Gasteiger partial charge in [-0.2, -0.15) is 8.42 Å². The SMILES string of the molecule is O=C(CS(=O)(=O)O)C1CCCS(=O)(=O)C1. The number of carbonyl (C=O) groups is 1. The molecule has 1 aliphatic heterocycles. The summed E-state index contributed by atoms with van der Waals surface area (Å²) in [6.07, 6.45) is 0.734. The predicted molar refractivity (Wildman–Crippen MR) is 52.8 cm³/mol. The number of hydrogen-bond donors (Lipinski definition) is 1. The highest BCUT2D eigenvalue weighted by atomic mass is 32.2. The third-order valence-electron chi connectivity index (χ3n) is 2.24. The lowest BCUT2D eigenvalue weighted by Gasteiger charge is -2.19. The zero-order valence-electron chi connectivity index (χ0n) is 7.92. The van der Waals surface area contributed by atoms with Crippen LogP contribution < -0.4 is 0 Å². The van der Waals surface area contributed by atoms with E-state index in [1.807, 2.05) is 0 Å². The molecule has 0 aliphatic carbocycles. The van der Waals surface area contributed by atoms with Crippen LogP contribution in [0.25, 0.3) is 0 Å². The van der Waals surface area contributed by atoms with Gasteiger partial charge in [0.1, 0.15) is 5.75 Å². The van der Waals surface area contributed by atoms with E-state index in [-0.39, 0.29) is 11.5 Å². The highest BCUT2D eigenvalue weighted by Crippen LogP contribution is 2.19. The van der Waals surface area contributed by atoms with Gasteiger partial charge in [0, 0.05) is 5.92 Å². The average Bonchev–Trinajstić information content (AvgIpc) is 1.99. The molecule has 1 unspecified atom stereocenters. The van der Waals surface area contributed by atoms with Crippen molar-refractivity contribution in [3.8, 4) is 0 Å². The van der Waals surface area contributed by atoms with Gasteiger partial charge < -0.3 is 0 Å². The first-order valence-electron chi connectivity index (χ1n) is 4.38. The zero-order chi connectivity index (χ0) is 11.7. The summed E-state index contributed by atoms with van der Waals surface area (Å²) in [7, 11) is -7.58. The Balaban J connectivity index is 2.69. The van der Waals surface area contributed by atoms with Crippen molar-refractivity contribution in [2.75, 3.05) is 17.3 Å². The Labute approximate surface area is 88.3 Å². The Hall–Kier alpha value is -0.470. The lowest BCUT2D eigenvalue weighted by atomic mass is 10.0. The molecule has 0 aromatic rings. The Morgan fingerprint density at radius 1 is 1.40 bits per heavy atom. The molecule has 0 aromatic carbocycles. The molecular formula is C7H12O6S2. The lowest BCUT2D eigenvalue weighted by molar-refractivity contribution is -0.120. The zero-order valence-corrected chi connectivity index (χ0v) is 9.55. The Morgan fingerprint density at radius 3 is 2.47 bits per heavy atom. The molecule has 0 spiro atoms. The van der Waals surface area contributed by atoms with Crippen molar-refractivity contribution < 1.29 is 26.2 Å². The van der Waals surface area contributed by atoms with E-state index in [1.54, 1.807) is 0 Å². The summed E-state index contributed by atoms with van der Waals surface area (Å²) in [4.78, 5) is 11.3. The van der Waals surface area contributed by atoms with Crippen LogP contribution in [0.5, 0.6) is 0 Å². The minimum atomic E-state index is -4.35. The molecular weight excluding hydrogens is 244 g/mol. The fraction of sp³-hybridized carbons (Fsp3) is 0.857. The molecule has 0 amide bonds. The van der Waals surface area contributed by atoms with Crippen LogP contribution in [-0.4, -0.2) is 44.4 Å². The Morgan fingerprint density at radius 2 is 2.00 bits per heavy atom. The number of Topliss-reactive ketones (excluding diaryl/α,β-unsaturated/α-hetero) is 1. The van der Waals surface area contributed by atoms with Gasteiger partial charge in [-0.3, -0.25) is 9.35 Å². The minimum absolute atomic E-state index is 0.0443. The third-order valence-corrected chi connectivity index (χ3v) is 4.71. The molecule has 1 saturated heterocycles. The standard InChI is InChI=1S/C7H12O6S2/c8-7(5-15(11,12)13)6-2-1-3-14(9,10)4-6/h6H,1-5H2,(H,11,12,13). The van der Waals surface area contributed by atoms with Gasteiger partial charge in [-0.1, -0.05) is 0 Å². The molecule has 1 atom stereocenters. The summed E-state index contributed by atoms with van der Waals surface area (Å²) in [6.45, 7) is 0. The normalized spacial score (nSPS) is 26.1. The van der Waals surface area contributed by atoms with Gasteiger partial charge in [-0.25, -0.2) is 8.42 Å². The fourth-order valence-corrected chi connectivity index (χ4v) is 3.91. The van der Waals surface area contributed by atoms with Gasteiger partial charge in [0.05, 0.1) is 11.5 Å². The molecule has 1 fully saturated rings. The Bertz CT molecular complexity index is 446. The summed E-state index contributed by atoms with van der Waals surface area (Å²) in [5.41, 5.74) is 0. The quantitative estimate of drug-likeness (QED) is 0.667. The second-order valence-corrected chi connectivity index (χ2v) is 7.33. The molecule has 0 bridgehead atoms. The van der Waals surface area contributed by atoms with Gasteiger partial charge >= 0.3 is 0 Å². The molecule has 0 radical (unpaired) electrons. The molecule has 15 heavy (non-hydrogen) atoms. The second-order valence-electron chi connectivity index (χ2n) is 3.65. The molecule has 8 heteroatoms. The van der Waals surface area contributed by atoms with Crippen molar-refractivity contribution in [3.63, 3.8) is 0 Å². The average molecular weight is 256 g/mol. The van der Waals surface area contributed by atoms with E-state index in [0.29, 0.717) is 12.8 Å². The summed E-state index contributed by atoms with van der Waals surface area (Å²) in [5.74, 6) is -2.76. The first kappa shape index (κ1) is 12.6. The summed E-state index contributed by atoms with van der Waals surface area (Å²) < 4.78 is 51.6. The van der Waals surface area contributed by atoms with Crippen LogP contribution in [0, 0.1) is 5.92 Å². The van der Waals surface area contributed by atoms with E-state index in [2.05, 4.69) is 0 Å². The van der Waals surface area contributed by atoms with Crippen molar-refractivity contribution in [2.24, 2.45) is 5.92 Å². The van der Waals surface area contributed by atoms with Crippen LogP contribution in [-0.2, 0) is 24.7 Å². The fourth-order valence-electron chi connectivity index (χ4n) is 1.57. The monoisotopic (exact) mass is 256 g/mol. The van der Waals surface area contributed by atoms with E-state index in [1.165, 1.54) is 0 Å². The van der Waals surface area contributed by atoms with E-state index in [0.717, 1.165) is 0 Å². The van der Waals surface area contributed by atoms with Crippen LogP contribution in [0.4, 0.5) is 0 Å². The number of carbonyl (C=O) groups excluding carboxylic acids is 1. The molecule has 0 saturated carbocycles. The van der Waals surface area contributed by atoms with Gasteiger partial charge in [0.15, 0.2) is 15.6 Å². The Kier molecular flexibility index (Phi) is 3.51. The number of rotatable bonds is 3. The molecule has 1 N–H and O–H groups in total. The van der Waals surface area contributed by atoms with Crippen LogP contribution in [0.1, 0.15) is 12.8 Å². The highest BCUT2D eigenvalue weighted by Gasteiger charge is 2.31. The number of hydrogen-bond acceptors (Lipinski definition) is 5. The topological polar surface area (TPSA) is 106 Å². The molecule has 1 heterocycles. The van der Waals surface area contributed by atoms with Crippen LogP contribution in [0.3, 0.4) is 0 Å². The van der Waals surface area contributed by atoms with Crippen molar-refractivity contribution in [1.29, 1.82) is 0 Å². The van der Waals surface area contributed by atoms with Crippen molar-refractivity contribution in [1.82, 2.24) is 0 Å². The van der Waals surface area contributed by atoms with Crippen LogP contribution in [0.2, 0.25) is 0 Å². The minimum Gasteiger partial charge on any atom is -0.298 e. The summed E-state index contributed by atoms with van der Waals surface area (Å²) in [5, 5.41) is 0. The number of ketones is 1. The third kappa shape index (κ3) is 4.27. The molecule has 0 aromatic heterocycles. The first-order valence-corrected chi connectivity index (χ1v) is 7.81. The van der Waals surface area contributed by atoms with Gasteiger partial charge in [0.2, 0.25) is 0 Å². The van der Waals surface area contributed by atoms with Crippen molar-refractivity contribution in [3.05, 3.63) is 0 Å². The summed E-state index contributed by atoms with van der Waals surface area (Å²) in [6, 6.07) is 0. The van der Waals surface area contributed by atoms with Crippen molar-refractivity contribution in [2.45, 2.75) is 12.8 Å². The molecule has 88 valence electrons. The highest BCUT2D eigenvalue weighted by molar-refractivity contribution is 7.91. The maximum atomic E-state index is 11.3. The van der Waals surface area contributed by atoms with E-state index < -0.39 is 37.4 Å². The van der Waals surface area contributed by atoms with Gasteiger partial charge in [0.25, 0.3) is 10.1 Å². The van der Waals surface area contributed by atoms with E-state index >= 15 is 0 Å².